The van der Waals surface area contributed by atoms with E-state index in [0.29, 0.717) is 18.2 Å². The second kappa shape index (κ2) is 12.1. The summed E-state index contributed by atoms with van der Waals surface area (Å²) in [4.78, 5) is 12.4. The van der Waals surface area contributed by atoms with Gasteiger partial charge in [-0.1, -0.05) is 17.7 Å². The Hall–Kier alpha value is -2.95. The van der Waals surface area contributed by atoms with Gasteiger partial charge >= 0.3 is 18.5 Å². The second-order valence-electron chi connectivity index (χ2n) is 8.63. The molecule has 1 N–H and O–H groups in total. The van der Waals surface area contributed by atoms with Crippen molar-refractivity contribution in [1.82, 2.24) is 5.32 Å². The molecule has 41 heavy (non-hydrogen) atoms. The summed E-state index contributed by atoms with van der Waals surface area (Å²) in [6.45, 7) is 0.887. The molecule has 0 radical (unpaired) electrons. The summed E-state index contributed by atoms with van der Waals surface area (Å²) in [5.74, 6) is -13.6. The lowest BCUT2D eigenvalue weighted by Crippen LogP contribution is -2.40. The number of rotatable bonds is 8. The quantitative estimate of drug-likeness (QED) is 0.240. The fourth-order valence-electron chi connectivity index (χ4n) is 3.53. The summed E-state index contributed by atoms with van der Waals surface area (Å²) in [5.41, 5.74) is -5.36. The normalized spacial score (nSPS) is 15.0. The van der Waals surface area contributed by atoms with Crippen molar-refractivity contribution in [2.24, 2.45) is 0 Å². The molecular formula is C23H16ClF12NO3S. The van der Waals surface area contributed by atoms with E-state index in [9.17, 15) is 65.9 Å². The third-order valence-electron chi connectivity index (χ3n) is 5.14. The van der Waals surface area contributed by atoms with E-state index in [4.69, 9.17) is 11.6 Å². The summed E-state index contributed by atoms with van der Waals surface area (Å²) in [7, 11) is -4.84. The van der Waals surface area contributed by atoms with Gasteiger partial charge in [0.15, 0.2) is 21.5 Å². The molecule has 2 atom stereocenters. The summed E-state index contributed by atoms with van der Waals surface area (Å²) < 4.78 is 184. The van der Waals surface area contributed by atoms with E-state index in [1.807, 2.05) is 0 Å². The highest BCUT2D eigenvalue weighted by Crippen LogP contribution is 2.41. The molecule has 2 aromatic rings. The van der Waals surface area contributed by atoms with E-state index in [0.717, 1.165) is 6.92 Å². The van der Waals surface area contributed by atoms with Gasteiger partial charge in [0.05, 0.1) is 21.9 Å². The number of alkyl halides is 9. The Morgan fingerprint density at radius 3 is 2.07 bits per heavy atom. The van der Waals surface area contributed by atoms with Crippen molar-refractivity contribution in [3.8, 4) is 0 Å². The first-order valence-electron chi connectivity index (χ1n) is 10.8. The zero-order valence-electron chi connectivity index (χ0n) is 20.1. The number of halogens is 13. The number of amides is 1. The van der Waals surface area contributed by atoms with Crippen molar-refractivity contribution in [3.63, 3.8) is 0 Å². The first-order chi connectivity index (χ1) is 18.4. The molecule has 0 fully saturated rings. The molecule has 0 spiro atoms. The zero-order chi connectivity index (χ0) is 31.7. The fourth-order valence-corrected chi connectivity index (χ4v) is 5.21. The van der Waals surface area contributed by atoms with Gasteiger partial charge in [-0.15, -0.1) is 0 Å². The number of hydrogen-bond donors (Lipinski definition) is 1. The van der Waals surface area contributed by atoms with Crippen LogP contribution in [0.2, 0.25) is 5.02 Å². The van der Waals surface area contributed by atoms with Gasteiger partial charge in [-0.2, -0.15) is 39.5 Å². The van der Waals surface area contributed by atoms with Crippen LogP contribution in [0.1, 0.15) is 39.9 Å². The molecular weight excluding hydrogens is 634 g/mol. The minimum atomic E-state index is -5.42. The van der Waals surface area contributed by atoms with E-state index in [2.05, 4.69) is 0 Å². The van der Waals surface area contributed by atoms with Crippen LogP contribution in [0.3, 0.4) is 0 Å². The van der Waals surface area contributed by atoms with Crippen molar-refractivity contribution < 1.29 is 65.9 Å². The lowest BCUT2D eigenvalue weighted by Gasteiger charge is -2.19. The molecule has 0 saturated carbocycles. The number of sulfone groups is 1. The molecule has 4 nitrogen and oxygen atoms in total. The number of carbonyl (C=O) groups is 1. The van der Waals surface area contributed by atoms with Crippen molar-refractivity contribution in [3.05, 3.63) is 75.3 Å². The maximum absolute atomic E-state index is 14.8. The standard InChI is InChI=1S/C23H16ClF12NO3S/c1-10(8-41(39,40)9-21(28,29)30)37-20(38)13-3-2-11(4-15(13)23(34,35)36)17(25)7-14(22(31,32)33)12-5-16(24)19(27)18(26)6-12/h2-7,10,14H,8-9H2,1H3,(H,37,38)/b17-7-/t10-,14?/m1/s1. The summed E-state index contributed by atoms with van der Waals surface area (Å²) in [6, 6.07) is -0.456. The third kappa shape index (κ3) is 9.55. The Kier molecular flexibility index (Phi) is 10.1. The van der Waals surface area contributed by atoms with Crippen LogP contribution in [0.4, 0.5) is 52.7 Å². The molecule has 0 aromatic heterocycles. The van der Waals surface area contributed by atoms with Crippen molar-refractivity contribution in [2.75, 3.05) is 11.5 Å². The van der Waals surface area contributed by atoms with Crippen LogP contribution >= 0.6 is 11.6 Å². The predicted octanol–water partition coefficient (Wildman–Crippen LogP) is 7.39. The lowest BCUT2D eigenvalue weighted by atomic mass is 9.95. The predicted molar refractivity (Wildman–Crippen MR) is 122 cm³/mol. The molecule has 0 bridgehead atoms. The molecule has 2 aromatic carbocycles. The highest BCUT2D eigenvalue weighted by Gasteiger charge is 2.41. The van der Waals surface area contributed by atoms with Gasteiger partial charge in [0, 0.05) is 11.6 Å². The van der Waals surface area contributed by atoms with Gasteiger partial charge in [0.25, 0.3) is 5.91 Å². The lowest BCUT2D eigenvalue weighted by molar-refractivity contribution is -0.140. The molecule has 2 rings (SSSR count). The van der Waals surface area contributed by atoms with Crippen LogP contribution in [0.25, 0.3) is 5.83 Å². The van der Waals surface area contributed by atoms with Crippen LogP contribution in [-0.2, 0) is 16.0 Å². The third-order valence-corrected chi connectivity index (χ3v) is 7.19. The van der Waals surface area contributed by atoms with E-state index >= 15 is 0 Å². The molecule has 0 aliphatic rings. The number of benzene rings is 2. The van der Waals surface area contributed by atoms with Gasteiger partial charge in [-0.05, 0) is 42.8 Å². The molecule has 0 saturated heterocycles. The first-order valence-corrected chi connectivity index (χ1v) is 13.0. The maximum atomic E-state index is 14.8. The molecule has 0 aliphatic carbocycles. The van der Waals surface area contributed by atoms with Gasteiger partial charge in [-0.3, -0.25) is 4.79 Å². The monoisotopic (exact) mass is 649 g/mol. The van der Waals surface area contributed by atoms with Crippen LogP contribution in [0.5, 0.6) is 0 Å². The van der Waals surface area contributed by atoms with Crippen molar-refractivity contribution >= 4 is 33.2 Å². The summed E-state index contributed by atoms with van der Waals surface area (Å²) in [6.07, 6.45) is -16.1. The number of allylic oxidation sites excluding steroid dienone is 1. The van der Waals surface area contributed by atoms with Gasteiger partial charge in [0.2, 0.25) is 0 Å². The smallest absolute Gasteiger partial charge is 0.349 e. The second-order valence-corrected chi connectivity index (χ2v) is 11.2. The fraction of sp³-hybridized carbons (Fsp3) is 0.348. The van der Waals surface area contributed by atoms with Crippen molar-refractivity contribution in [1.29, 1.82) is 0 Å². The van der Waals surface area contributed by atoms with E-state index < -0.39 is 102 Å². The summed E-state index contributed by atoms with van der Waals surface area (Å²) >= 11 is 5.34. The Bertz CT molecular complexity index is 1410. The molecule has 0 heterocycles. The summed E-state index contributed by atoms with van der Waals surface area (Å²) in [5, 5.41) is 0.682. The topological polar surface area (TPSA) is 63.2 Å². The van der Waals surface area contributed by atoms with Crippen molar-refractivity contribution in [2.45, 2.75) is 37.4 Å². The molecule has 1 amide bonds. The minimum Gasteiger partial charge on any atom is -0.349 e. The number of nitrogens with one attached hydrogen (secondary N) is 1. The van der Waals surface area contributed by atoms with E-state index in [1.54, 1.807) is 5.32 Å². The highest BCUT2D eigenvalue weighted by molar-refractivity contribution is 7.91. The SMILES string of the molecule is C[C@H](CS(=O)(=O)CC(F)(F)F)NC(=O)c1ccc(/C(F)=C/C(c2cc(F)c(F)c(Cl)c2)C(F)(F)F)cc1C(F)(F)F. The van der Waals surface area contributed by atoms with Gasteiger partial charge < -0.3 is 5.32 Å². The molecule has 228 valence electrons. The van der Waals surface area contributed by atoms with Crippen LogP contribution in [-0.4, -0.2) is 44.2 Å². The van der Waals surface area contributed by atoms with E-state index in [1.165, 1.54) is 0 Å². The first kappa shape index (κ1) is 34.3. The number of hydrogen-bond acceptors (Lipinski definition) is 3. The Morgan fingerprint density at radius 2 is 1.59 bits per heavy atom. The van der Waals surface area contributed by atoms with Gasteiger partial charge in [-0.25, -0.2) is 21.6 Å². The van der Waals surface area contributed by atoms with Crippen LogP contribution in [0, 0.1) is 11.6 Å². The largest absolute Gasteiger partial charge is 0.417 e. The maximum Gasteiger partial charge on any atom is 0.417 e. The number of carbonyl (C=O) groups excluding carboxylic acids is 1. The van der Waals surface area contributed by atoms with E-state index in [-0.39, 0.29) is 18.2 Å². The molecule has 1 unspecified atom stereocenters. The Balaban J connectivity index is 2.46. The molecule has 0 aliphatic heterocycles. The minimum absolute atomic E-state index is 0.0442. The van der Waals surface area contributed by atoms with Crippen LogP contribution < -0.4 is 5.32 Å². The average Bonchev–Trinajstić information content (AvgIpc) is 2.76. The highest BCUT2D eigenvalue weighted by atomic mass is 35.5. The zero-order valence-corrected chi connectivity index (χ0v) is 21.7. The Labute approximate surface area is 228 Å². The van der Waals surface area contributed by atoms with Gasteiger partial charge in [0.1, 0.15) is 17.5 Å². The average molecular weight is 650 g/mol. The van der Waals surface area contributed by atoms with Crippen LogP contribution in [0.15, 0.2) is 36.4 Å². The Morgan fingerprint density at radius 1 is 1.00 bits per heavy atom. The molecule has 18 heteroatoms.